The predicted molar refractivity (Wildman–Crippen MR) is 136 cm³/mol. The Bertz CT molecular complexity index is 804. The molecule has 182 valence electrons. The second kappa shape index (κ2) is 14.7. The van der Waals surface area contributed by atoms with E-state index in [9.17, 15) is 4.79 Å². The molecule has 0 N–H and O–H groups in total. The minimum absolute atomic E-state index is 0.216. The molecular weight excluding hydrogens is 410 g/mol. The number of ether oxygens (including phenoxy) is 2. The third kappa shape index (κ3) is 11.4. The van der Waals surface area contributed by atoms with Crippen LogP contribution in [-0.2, 0) is 22.5 Å². The zero-order valence-electron chi connectivity index (χ0n) is 21.2. The zero-order chi connectivity index (χ0) is 23.9. The SMILES string of the molecule is CCCCCCCCCc1ccccc1OC(C)OC(=O)CC[N+](C)(C)Cc1ccccc1. The molecule has 4 nitrogen and oxygen atoms in total. The Morgan fingerprint density at radius 3 is 2.24 bits per heavy atom. The molecule has 0 fully saturated rings. The Morgan fingerprint density at radius 1 is 0.879 bits per heavy atom. The normalized spacial score (nSPS) is 12.4. The zero-order valence-corrected chi connectivity index (χ0v) is 21.2. The van der Waals surface area contributed by atoms with Crippen molar-refractivity contribution in [3.8, 4) is 5.75 Å². The number of hydrogen-bond donors (Lipinski definition) is 0. The van der Waals surface area contributed by atoms with Gasteiger partial charge in [-0.1, -0.05) is 94.0 Å². The minimum Gasteiger partial charge on any atom is -0.455 e. The molecule has 0 saturated heterocycles. The van der Waals surface area contributed by atoms with Gasteiger partial charge < -0.3 is 14.0 Å². The first-order chi connectivity index (χ1) is 15.9. The van der Waals surface area contributed by atoms with Gasteiger partial charge >= 0.3 is 5.97 Å². The molecule has 0 aliphatic carbocycles. The van der Waals surface area contributed by atoms with Crippen LogP contribution >= 0.6 is 0 Å². The molecule has 2 aromatic rings. The lowest BCUT2D eigenvalue weighted by atomic mass is 10.0. The Morgan fingerprint density at radius 2 is 1.52 bits per heavy atom. The Kier molecular flexibility index (Phi) is 12.0. The first-order valence-electron chi connectivity index (χ1n) is 12.7. The second-order valence-electron chi connectivity index (χ2n) is 9.71. The Labute approximate surface area is 201 Å². The predicted octanol–water partition coefficient (Wildman–Crippen LogP) is 6.91. The summed E-state index contributed by atoms with van der Waals surface area (Å²) in [6, 6.07) is 18.5. The van der Waals surface area contributed by atoms with Crippen molar-refractivity contribution in [3.63, 3.8) is 0 Å². The fraction of sp³-hybridized carbons (Fsp3) is 0.552. The largest absolute Gasteiger partial charge is 0.455 e. The van der Waals surface area contributed by atoms with Crippen molar-refractivity contribution < 1.29 is 18.8 Å². The average molecular weight is 455 g/mol. The molecule has 2 aromatic carbocycles. The quantitative estimate of drug-likeness (QED) is 0.120. The molecule has 0 radical (unpaired) electrons. The minimum atomic E-state index is -0.600. The van der Waals surface area contributed by atoms with Crippen LogP contribution in [0.1, 0.15) is 76.3 Å². The van der Waals surface area contributed by atoms with Crippen LogP contribution in [0.4, 0.5) is 0 Å². The van der Waals surface area contributed by atoms with Crippen molar-refractivity contribution in [3.05, 3.63) is 65.7 Å². The maximum absolute atomic E-state index is 12.4. The van der Waals surface area contributed by atoms with Crippen molar-refractivity contribution in [2.24, 2.45) is 0 Å². The molecule has 0 aliphatic heterocycles. The van der Waals surface area contributed by atoms with E-state index in [0.717, 1.165) is 36.2 Å². The van der Waals surface area contributed by atoms with Gasteiger partial charge in [0.2, 0.25) is 6.29 Å². The van der Waals surface area contributed by atoms with Gasteiger partial charge in [0.15, 0.2) is 0 Å². The number of hydrogen-bond acceptors (Lipinski definition) is 3. The van der Waals surface area contributed by atoms with Crippen molar-refractivity contribution in [1.82, 2.24) is 0 Å². The molecule has 0 bridgehead atoms. The van der Waals surface area contributed by atoms with Crippen LogP contribution in [0, 0.1) is 0 Å². The first-order valence-corrected chi connectivity index (χ1v) is 12.7. The van der Waals surface area contributed by atoms with E-state index >= 15 is 0 Å². The molecule has 0 heterocycles. The fourth-order valence-electron chi connectivity index (χ4n) is 4.10. The highest BCUT2D eigenvalue weighted by molar-refractivity contribution is 5.69. The van der Waals surface area contributed by atoms with E-state index in [-0.39, 0.29) is 5.97 Å². The third-order valence-corrected chi connectivity index (χ3v) is 5.99. The summed E-state index contributed by atoms with van der Waals surface area (Å²) in [6.07, 6.45) is 9.79. The van der Waals surface area contributed by atoms with E-state index in [1.54, 1.807) is 6.92 Å². The molecule has 1 atom stereocenters. The smallest absolute Gasteiger partial charge is 0.314 e. The second-order valence-corrected chi connectivity index (χ2v) is 9.71. The molecule has 2 rings (SSSR count). The van der Waals surface area contributed by atoms with Gasteiger partial charge in [-0.15, -0.1) is 0 Å². The molecule has 0 saturated carbocycles. The van der Waals surface area contributed by atoms with Gasteiger partial charge in [0.25, 0.3) is 0 Å². The molecule has 0 spiro atoms. The van der Waals surface area contributed by atoms with Crippen LogP contribution in [-0.4, -0.2) is 37.4 Å². The Balaban J connectivity index is 1.73. The number of esters is 1. The van der Waals surface area contributed by atoms with Crippen LogP contribution in [0.5, 0.6) is 5.75 Å². The van der Waals surface area contributed by atoms with Crippen LogP contribution in [0.25, 0.3) is 0 Å². The summed E-state index contributed by atoms with van der Waals surface area (Å²) in [6.45, 7) is 5.65. The van der Waals surface area contributed by atoms with Crippen LogP contribution in [0.15, 0.2) is 54.6 Å². The molecular formula is C29H44NO3+. The summed E-state index contributed by atoms with van der Waals surface area (Å²) in [5, 5.41) is 0. The number of benzene rings is 2. The number of carbonyl (C=O) groups excluding carboxylic acids is 1. The molecule has 33 heavy (non-hydrogen) atoms. The highest BCUT2D eigenvalue weighted by Gasteiger charge is 2.20. The number of carbonyl (C=O) groups is 1. The van der Waals surface area contributed by atoms with Crippen LogP contribution in [0.2, 0.25) is 0 Å². The number of quaternary nitrogens is 1. The van der Waals surface area contributed by atoms with Gasteiger partial charge in [0.1, 0.15) is 12.3 Å². The third-order valence-electron chi connectivity index (χ3n) is 5.99. The number of aryl methyl sites for hydroxylation is 1. The molecule has 1 unspecified atom stereocenters. The molecule has 0 amide bonds. The van der Waals surface area contributed by atoms with Crippen molar-refractivity contribution >= 4 is 5.97 Å². The molecule has 0 aliphatic rings. The number of nitrogens with zero attached hydrogens (tertiary/aromatic N) is 1. The summed E-state index contributed by atoms with van der Waals surface area (Å²) >= 11 is 0. The van der Waals surface area contributed by atoms with E-state index in [1.165, 1.54) is 49.7 Å². The van der Waals surface area contributed by atoms with Crippen LogP contribution < -0.4 is 4.74 Å². The lowest BCUT2D eigenvalue weighted by Gasteiger charge is -2.29. The summed E-state index contributed by atoms with van der Waals surface area (Å²) in [7, 11) is 4.28. The standard InChI is InChI=1S/C29H44NO3/c1-5-6-7-8-9-10-14-19-27-20-15-16-21-28(27)32-25(2)33-29(31)22-23-30(3,4)24-26-17-12-11-13-18-26/h11-13,15-18,20-21,25H,5-10,14,19,22-24H2,1-4H3/q+1. The number of unbranched alkanes of at least 4 members (excludes halogenated alkanes) is 6. The van der Waals surface area contributed by atoms with E-state index in [4.69, 9.17) is 9.47 Å². The van der Waals surface area contributed by atoms with Gasteiger partial charge in [0.05, 0.1) is 27.1 Å². The highest BCUT2D eigenvalue weighted by Crippen LogP contribution is 2.22. The summed E-state index contributed by atoms with van der Waals surface area (Å²) in [4.78, 5) is 12.4. The number of rotatable bonds is 16. The first kappa shape index (κ1) is 26.9. The molecule has 0 aromatic heterocycles. The van der Waals surface area contributed by atoms with E-state index in [0.29, 0.717) is 6.42 Å². The van der Waals surface area contributed by atoms with E-state index in [2.05, 4.69) is 39.2 Å². The topological polar surface area (TPSA) is 35.5 Å². The highest BCUT2D eigenvalue weighted by atomic mass is 16.7. The Hall–Kier alpha value is -2.33. The fourth-order valence-corrected chi connectivity index (χ4v) is 4.10. The van der Waals surface area contributed by atoms with Gasteiger partial charge in [-0.2, -0.15) is 0 Å². The van der Waals surface area contributed by atoms with Gasteiger partial charge in [-0.25, -0.2) is 0 Å². The maximum atomic E-state index is 12.4. The van der Waals surface area contributed by atoms with Gasteiger partial charge in [0, 0.05) is 12.5 Å². The average Bonchev–Trinajstić information content (AvgIpc) is 2.78. The molecule has 4 heteroatoms. The summed E-state index contributed by atoms with van der Waals surface area (Å²) in [5.74, 6) is 0.607. The van der Waals surface area contributed by atoms with Gasteiger partial charge in [-0.3, -0.25) is 4.79 Å². The van der Waals surface area contributed by atoms with E-state index < -0.39 is 6.29 Å². The summed E-state index contributed by atoms with van der Waals surface area (Å²) in [5.41, 5.74) is 2.46. The monoisotopic (exact) mass is 454 g/mol. The maximum Gasteiger partial charge on any atom is 0.314 e. The summed E-state index contributed by atoms with van der Waals surface area (Å²) < 4.78 is 12.3. The lowest BCUT2D eigenvalue weighted by Crippen LogP contribution is -2.40. The van der Waals surface area contributed by atoms with E-state index in [1.807, 2.05) is 36.4 Å². The van der Waals surface area contributed by atoms with Crippen molar-refractivity contribution in [2.75, 3.05) is 20.6 Å². The van der Waals surface area contributed by atoms with Gasteiger partial charge in [-0.05, 0) is 24.5 Å². The van der Waals surface area contributed by atoms with Crippen molar-refractivity contribution in [2.45, 2.75) is 84.5 Å². The number of para-hydroxylation sites is 1. The van der Waals surface area contributed by atoms with Crippen LogP contribution in [0.3, 0.4) is 0 Å². The lowest BCUT2D eigenvalue weighted by molar-refractivity contribution is -0.903. The van der Waals surface area contributed by atoms with Crippen molar-refractivity contribution in [1.29, 1.82) is 0 Å².